The van der Waals surface area contributed by atoms with Gasteiger partial charge in [0.05, 0.1) is 5.75 Å². The third-order valence-electron chi connectivity index (χ3n) is 4.16. The lowest BCUT2D eigenvalue weighted by Gasteiger charge is -2.36. The molecule has 1 heterocycles. The minimum absolute atomic E-state index is 0.285. The van der Waals surface area contributed by atoms with Gasteiger partial charge in [-0.15, -0.1) is 0 Å². The molecule has 5 heteroatoms. The van der Waals surface area contributed by atoms with Crippen molar-refractivity contribution in [3.63, 3.8) is 0 Å². The Morgan fingerprint density at radius 3 is 2.65 bits per heavy atom. The van der Waals surface area contributed by atoms with E-state index >= 15 is 0 Å². The number of rotatable bonds is 5. The van der Waals surface area contributed by atoms with Gasteiger partial charge in [0.2, 0.25) is 10.0 Å². The van der Waals surface area contributed by atoms with E-state index in [1.54, 1.807) is 0 Å². The fraction of sp³-hybridized carbons (Fsp3) is 1.00. The lowest BCUT2D eigenvalue weighted by atomic mass is 9.94. The number of hydrogen-bond donors (Lipinski definition) is 1. The van der Waals surface area contributed by atoms with Crippen LogP contribution in [0, 0.1) is 5.92 Å². The number of nitrogens with two attached hydrogens (primary N) is 1. The number of fused-ring (bicyclic) bond motifs is 1. The van der Waals surface area contributed by atoms with Crippen LogP contribution in [-0.4, -0.2) is 37.6 Å². The maximum atomic E-state index is 12.3. The Bertz CT molecular complexity index is 342. The molecule has 0 aromatic carbocycles. The number of sulfonamides is 1. The Kier molecular flexibility index (Phi) is 4.44. The average molecular weight is 260 g/mol. The zero-order chi connectivity index (χ0) is 12.3. The number of piperidine rings is 1. The second-order valence-corrected chi connectivity index (χ2v) is 7.36. The first-order chi connectivity index (χ1) is 8.15. The van der Waals surface area contributed by atoms with Gasteiger partial charge in [-0.25, -0.2) is 8.42 Å². The summed E-state index contributed by atoms with van der Waals surface area (Å²) in [5, 5.41) is 0. The minimum atomic E-state index is -3.03. The van der Waals surface area contributed by atoms with Crippen molar-refractivity contribution >= 4 is 10.0 Å². The molecule has 0 aromatic rings. The smallest absolute Gasteiger partial charge is 0.214 e. The lowest BCUT2D eigenvalue weighted by Crippen LogP contribution is -2.47. The van der Waals surface area contributed by atoms with Crippen LogP contribution in [-0.2, 0) is 10.0 Å². The average Bonchev–Trinajstić information content (AvgIpc) is 2.76. The van der Waals surface area contributed by atoms with E-state index in [-0.39, 0.29) is 5.75 Å². The molecule has 1 aliphatic carbocycles. The number of nitrogens with zero attached hydrogens (tertiary/aromatic N) is 1. The Morgan fingerprint density at radius 2 is 1.88 bits per heavy atom. The molecule has 17 heavy (non-hydrogen) atoms. The molecule has 100 valence electrons. The van der Waals surface area contributed by atoms with Crippen LogP contribution >= 0.6 is 0 Å². The Hall–Kier alpha value is -0.130. The molecular weight excluding hydrogens is 236 g/mol. The van der Waals surface area contributed by atoms with Crippen LogP contribution in [0.2, 0.25) is 0 Å². The van der Waals surface area contributed by atoms with Crippen molar-refractivity contribution in [3.05, 3.63) is 0 Å². The monoisotopic (exact) mass is 260 g/mol. The first-order valence-corrected chi connectivity index (χ1v) is 8.45. The summed E-state index contributed by atoms with van der Waals surface area (Å²) >= 11 is 0. The molecule has 2 rings (SSSR count). The SMILES string of the molecule is NCCCCS(=O)(=O)N1CCCC2CCCC21. The second-order valence-electron chi connectivity index (χ2n) is 5.32. The van der Waals surface area contributed by atoms with Crippen LogP contribution in [0.5, 0.6) is 0 Å². The first-order valence-electron chi connectivity index (χ1n) is 6.85. The lowest BCUT2D eigenvalue weighted by molar-refractivity contribution is 0.202. The molecule has 0 aromatic heterocycles. The van der Waals surface area contributed by atoms with E-state index in [4.69, 9.17) is 5.73 Å². The molecule has 1 saturated heterocycles. The molecule has 2 fully saturated rings. The second kappa shape index (κ2) is 5.67. The molecule has 0 spiro atoms. The summed E-state index contributed by atoms with van der Waals surface area (Å²) in [5.74, 6) is 0.918. The predicted molar refractivity (Wildman–Crippen MR) is 69.1 cm³/mol. The van der Waals surface area contributed by atoms with Gasteiger partial charge in [-0.1, -0.05) is 6.42 Å². The molecule has 1 saturated carbocycles. The van der Waals surface area contributed by atoms with Crippen LogP contribution in [0.1, 0.15) is 44.9 Å². The summed E-state index contributed by atoms with van der Waals surface area (Å²) in [6, 6.07) is 0.312. The van der Waals surface area contributed by atoms with Gasteiger partial charge in [0, 0.05) is 12.6 Å². The van der Waals surface area contributed by atoms with Gasteiger partial charge < -0.3 is 5.73 Å². The Labute approximate surface area is 105 Å². The molecular formula is C12H24N2O2S. The fourth-order valence-corrected chi connectivity index (χ4v) is 5.20. The third kappa shape index (κ3) is 3.01. The van der Waals surface area contributed by atoms with Crippen LogP contribution in [0.25, 0.3) is 0 Å². The molecule has 0 radical (unpaired) electrons. The van der Waals surface area contributed by atoms with Gasteiger partial charge in [-0.05, 0) is 51.0 Å². The summed E-state index contributed by atoms with van der Waals surface area (Å²) in [6.07, 6.45) is 7.26. The van der Waals surface area contributed by atoms with Gasteiger partial charge in [0.1, 0.15) is 0 Å². The molecule has 2 atom stereocenters. The highest BCUT2D eigenvalue weighted by Crippen LogP contribution is 2.38. The van der Waals surface area contributed by atoms with Gasteiger partial charge in [0.25, 0.3) is 0 Å². The highest BCUT2D eigenvalue weighted by molar-refractivity contribution is 7.89. The van der Waals surface area contributed by atoms with Crippen LogP contribution in [0.15, 0.2) is 0 Å². The van der Waals surface area contributed by atoms with Crippen LogP contribution in [0.3, 0.4) is 0 Å². The van der Waals surface area contributed by atoms with Crippen molar-refractivity contribution in [2.75, 3.05) is 18.8 Å². The van der Waals surface area contributed by atoms with E-state index in [0.29, 0.717) is 24.9 Å². The minimum Gasteiger partial charge on any atom is -0.330 e. The quantitative estimate of drug-likeness (QED) is 0.758. The fourth-order valence-electron chi connectivity index (χ4n) is 3.30. The predicted octanol–water partition coefficient (Wildman–Crippen LogP) is 1.32. The topological polar surface area (TPSA) is 63.4 Å². The molecule has 2 aliphatic rings. The van der Waals surface area contributed by atoms with Crippen molar-refractivity contribution in [1.29, 1.82) is 0 Å². The van der Waals surface area contributed by atoms with Crippen molar-refractivity contribution < 1.29 is 8.42 Å². The van der Waals surface area contributed by atoms with E-state index in [0.717, 1.165) is 25.8 Å². The molecule has 4 nitrogen and oxygen atoms in total. The van der Waals surface area contributed by atoms with E-state index < -0.39 is 10.0 Å². The highest BCUT2D eigenvalue weighted by atomic mass is 32.2. The van der Waals surface area contributed by atoms with E-state index in [1.807, 2.05) is 4.31 Å². The number of unbranched alkanes of at least 4 members (excludes halogenated alkanes) is 1. The van der Waals surface area contributed by atoms with Crippen molar-refractivity contribution in [1.82, 2.24) is 4.31 Å². The summed E-state index contributed by atoms with van der Waals surface area (Å²) in [7, 11) is -3.03. The van der Waals surface area contributed by atoms with Crippen molar-refractivity contribution in [2.24, 2.45) is 11.7 Å². The van der Waals surface area contributed by atoms with E-state index in [2.05, 4.69) is 0 Å². The third-order valence-corrected chi connectivity index (χ3v) is 6.13. The molecule has 0 bridgehead atoms. The first kappa shape index (κ1) is 13.3. The van der Waals surface area contributed by atoms with Crippen LogP contribution < -0.4 is 5.73 Å². The summed E-state index contributed by atoms with van der Waals surface area (Å²) < 4.78 is 26.4. The standard InChI is InChI=1S/C12H24N2O2S/c13-8-1-2-10-17(15,16)14-9-4-6-11-5-3-7-12(11)14/h11-12H,1-10,13H2. The Morgan fingerprint density at radius 1 is 1.12 bits per heavy atom. The van der Waals surface area contributed by atoms with Gasteiger partial charge in [-0.3, -0.25) is 0 Å². The zero-order valence-electron chi connectivity index (χ0n) is 10.5. The van der Waals surface area contributed by atoms with Gasteiger partial charge >= 0.3 is 0 Å². The molecule has 1 aliphatic heterocycles. The zero-order valence-corrected chi connectivity index (χ0v) is 11.3. The maximum absolute atomic E-state index is 12.3. The van der Waals surface area contributed by atoms with Crippen LogP contribution in [0.4, 0.5) is 0 Å². The summed E-state index contributed by atoms with van der Waals surface area (Å²) in [6.45, 7) is 1.33. The normalized spacial score (nSPS) is 30.4. The molecule has 0 amide bonds. The summed E-state index contributed by atoms with van der Waals surface area (Å²) in [4.78, 5) is 0. The maximum Gasteiger partial charge on any atom is 0.214 e. The molecule has 2 unspecified atom stereocenters. The van der Waals surface area contributed by atoms with Gasteiger partial charge in [0.15, 0.2) is 0 Å². The van der Waals surface area contributed by atoms with E-state index in [9.17, 15) is 8.42 Å². The van der Waals surface area contributed by atoms with Crippen molar-refractivity contribution in [2.45, 2.75) is 51.0 Å². The molecule has 2 N–H and O–H groups in total. The number of hydrogen-bond acceptors (Lipinski definition) is 3. The summed E-state index contributed by atoms with van der Waals surface area (Å²) in [5.41, 5.74) is 5.41. The van der Waals surface area contributed by atoms with Gasteiger partial charge in [-0.2, -0.15) is 4.31 Å². The largest absolute Gasteiger partial charge is 0.330 e. The van der Waals surface area contributed by atoms with Crippen molar-refractivity contribution in [3.8, 4) is 0 Å². The Balaban J connectivity index is 1.99. The van der Waals surface area contributed by atoms with E-state index in [1.165, 1.54) is 19.3 Å². The highest BCUT2D eigenvalue weighted by Gasteiger charge is 2.40.